The first-order chi connectivity index (χ1) is 7.78. The predicted molar refractivity (Wildman–Crippen MR) is 60.2 cm³/mol. The van der Waals surface area contributed by atoms with Crippen molar-refractivity contribution >= 4 is 11.0 Å². The van der Waals surface area contributed by atoms with Crippen molar-refractivity contribution in [3.05, 3.63) is 36.1 Å². The lowest BCUT2D eigenvalue weighted by Gasteiger charge is -2.29. The molecule has 1 aliphatic heterocycles. The summed E-state index contributed by atoms with van der Waals surface area (Å²) in [4.78, 5) is 0. The molecule has 3 rings (SSSR count). The van der Waals surface area contributed by atoms with Crippen LogP contribution in [0.3, 0.4) is 0 Å². The van der Waals surface area contributed by atoms with Crippen LogP contribution in [0.1, 0.15) is 18.6 Å². The smallest absolute Gasteiger partial charge is 0.145 e. The van der Waals surface area contributed by atoms with Crippen LogP contribution in [0, 0.1) is 0 Å². The van der Waals surface area contributed by atoms with E-state index in [1.54, 1.807) is 0 Å². The summed E-state index contributed by atoms with van der Waals surface area (Å²) in [6.07, 6.45) is 1.57. The van der Waals surface area contributed by atoms with Gasteiger partial charge in [0.1, 0.15) is 16.9 Å². The quantitative estimate of drug-likeness (QED) is 0.799. The van der Waals surface area contributed by atoms with Gasteiger partial charge in [0, 0.05) is 12.0 Å². The van der Waals surface area contributed by atoms with Crippen molar-refractivity contribution in [2.75, 3.05) is 13.2 Å². The number of aliphatic hydroxyl groups is 1. The molecule has 1 N–H and O–H groups in total. The third-order valence-corrected chi connectivity index (χ3v) is 3.10. The fraction of sp³-hybridized carbons (Fsp3) is 0.385. The number of ether oxygens (including phenoxy) is 1. The fourth-order valence-corrected chi connectivity index (χ4v) is 2.19. The van der Waals surface area contributed by atoms with E-state index in [2.05, 4.69) is 0 Å². The molecule has 0 saturated carbocycles. The van der Waals surface area contributed by atoms with E-state index in [0.29, 0.717) is 18.8 Å². The monoisotopic (exact) mass is 218 g/mol. The molecule has 1 aromatic carbocycles. The maximum Gasteiger partial charge on any atom is 0.145 e. The van der Waals surface area contributed by atoms with Crippen LogP contribution in [0.2, 0.25) is 0 Å². The van der Waals surface area contributed by atoms with Gasteiger partial charge in [0.25, 0.3) is 0 Å². The van der Waals surface area contributed by atoms with E-state index in [1.807, 2.05) is 30.3 Å². The highest BCUT2D eigenvalue weighted by molar-refractivity contribution is 5.77. The number of furan rings is 1. The number of fused-ring (bicyclic) bond motifs is 1. The Kier molecular flexibility index (Phi) is 2.23. The Balaban J connectivity index is 2.04. The third-order valence-electron chi connectivity index (χ3n) is 3.10. The zero-order valence-corrected chi connectivity index (χ0v) is 8.98. The van der Waals surface area contributed by atoms with Crippen LogP contribution in [0.25, 0.3) is 11.0 Å². The molecule has 1 unspecified atom stereocenters. The van der Waals surface area contributed by atoms with Crippen LogP contribution in [-0.2, 0) is 10.3 Å². The fourth-order valence-electron chi connectivity index (χ4n) is 2.19. The Morgan fingerprint density at radius 2 is 2.12 bits per heavy atom. The van der Waals surface area contributed by atoms with Gasteiger partial charge in [-0.05, 0) is 25.0 Å². The van der Waals surface area contributed by atoms with Gasteiger partial charge in [0.15, 0.2) is 0 Å². The van der Waals surface area contributed by atoms with Gasteiger partial charge >= 0.3 is 0 Å². The molecule has 1 aromatic heterocycles. The summed E-state index contributed by atoms with van der Waals surface area (Å²) in [5.74, 6) is 0.619. The van der Waals surface area contributed by atoms with Gasteiger partial charge in [-0.2, -0.15) is 0 Å². The van der Waals surface area contributed by atoms with Gasteiger partial charge in [-0.25, -0.2) is 0 Å². The molecule has 1 fully saturated rings. The number of rotatable bonds is 1. The molecule has 0 bridgehead atoms. The van der Waals surface area contributed by atoms with Crippen molar-refractivity contribution in [2.45, 2.75) is 18.4 Å². The molecular formula is C13H14O3. The summed E-state index contributed by atoms with van der Waals surface area (Å²) in [7, 11) is 0. The van der Waals surface area contributed by atoms with Gasteiger partial charge in [-0.3, -0.25) is 0 Å². The molecule has 2 aromatic rings. The second-order valence-corrected chi connectivity index (χ2v) is 4.34. The minimum Gasteiger partial charge on any atom is -0.458 e. The topological polar surface area (TPSA) is 42.6 Å². The summed E-state index contributed by atoms with van der Waals surface area (Å²) in [6, 6.07) is 9.69. The van der Waals surface area contributed by atoms with Crippen LogP contribution in [-0.4, -0.2) is 18.3 Å². The molecule has 16 heavy (non-hydrogen) atoms. The van der Waals surface area contributed by atoms with Crippen LogP contribution in [0.4, 0.5) is 0 Å². The lowest BCUT2D eigenvalue weighted by molar-refractivity contribution is -0.101. The minimum absolute atomic E-state index is 0.326. The van der Waals surface area contributed by atoms with E-state index in [9.17, 15) is 5.11 Å². The Morgan fingerprint density at radius 1 is 1.25 bits per heavy atom. The Labute approximate surface area is 93.6 Å². The SMILES string of the molecule is OC1(c2cc3ccccc3o2)CCCOC1. The molecule has 1 aliphatic rings. The second kappa shape index (κ2) is 3.61. The maximum absolute atomic E-state index is 10.4. The first-order valence-electron chi connectivity index (χ1n) is 5.57. The number of hydrogen-bond donors (Lipinski definition) is 1. The summed E-state index contributed by atoms with van der Waals surface area (Å²) < 4.78 is 11.0. The molecule has 0 spiro atoms. The predicted octanol–water partition coefficient (Wildman–Crippen LogP) is 2.43. The van der Waals surface area contributed by atoms with E-state index in [0.717, 1.165) is 24.0 Å². The van der Waals surface area contributed by atoms with Gasteiger partial charge in [-0.15, -0.1) is 0 Å². The van der Waals surface area contributed by atoms with Crippen molar-refractivity contribution < 1.29 is 14.3 Å². The molecular weight excluding hydrogens is 204 g/mol. The van der Waals surface area contributed by atoms with Gasteiger partial charge < -0.3 is 14.3 Å². The number of para-hydroxylation sites is 1. The average molecular weight is 218 g/mol. The highest BCUT2D eigenvalue weighted by Crippen LogP contribution is 2.33. The Hall–Kier alpha value is -1.32. The number of hydrogen-bond acceptors (Lipinski definition) is 3. The summed E-state index contributed by atoms with van der Waals surface area (Å²) in [6.45, 7) is 1.05. The molecule has 3 nitrogen and oxygen atoms in total. The molecule has 0 amide bonds. The molecule has 1 atom stereocenters. The van der Waals surface area contributed by atoms with Crippen molar-refractivity contribution in [2.24, 2.45) is 0 Å². The van der Waals surface area contributed by atoms with E-state index in [4.69, 9.17) is 9.15 Å². The Morgan fingerprint density at radius 3 is 2.88 bits per heavy atom. The van der Waals surface area contributed by atoms with E-state index < -0.39 is 5.60 Å². The third kappa shape index (κ3) is 1.52. The van der Waals surface area contributed by atoms with Crippen LogP contribution in [0.5, 0.6) is 0 Å². The first kappa shape index (κ1) is 9.87. The van der Waals surface area contributed by atoms with Crippen molar-refractivity contribution in [3.63, 3.8) is 0 Å². The van der Waals surface area contributed by atoms with Crippen LogP contribution < -0.4 is 0 Å². The van der Waals surface area contributed by atoms with Crippen molar-refractivity contribution in [1.82, 2.24) is 0 Å². The zero-order valence-electron chi connectivity index (χ0n) is 8.98. The van der Waals surface area contributed by atoms with Crippen molar-refractivity contribution in [3.8, 4) is 0 Å². The minimum atomic E-state index is -0.947. The highest BCUT2D eigenvalue weighted by atomic mass is 16.5. The van der Waals surface area contributed by atoms with Crippen molar-refractivity contribution in [1.29, 1.82) is 0 Å². The Bertz CT molecular complexity index is 462. The largest absolute Gasteiger partial charge is 0.458 e. The van der Waals surface area contributed by atoms with Gasteiger partial charge in [-0.1, -0.05) is 18.2 Å². The van der Waals surface area contributed by atoms with Crippen LogP contribution >= 0.6 is 0 Å². The summed E-state index contributed by atoms with van der Waals surface area (Å²) in [5.41, 5.74) is -0.131. The molecule has 3 heteroatoms. The lowest BCUT2D eigenvalue weighted by atomic mass is 9.94. The molecule has 0 aliphatic carbocycles. The number of benzene rings is 1. The lowest BCUT2D eigenvalue weighted by Crippen LogP contribution is -2.35. The van der Waals surface area contributed by atoms with E-state index in [1.165, 1.54) is 0 Å². The zero-order chi connectivity index (χ0) is 11.0. The summed E-state index contributed by atoms with van der Waals surface area (Å²) >= 11 is 0. The summed E-state index contributed by atoms with van der Waals surface area (Å²) in [5, 5.41) is 11.4. The normalized spacial score (nSPS) is 26.1. The van der Waals surface area contributed by atoms with E-state index >= 15 is 0 Å². The molecule has 2 heterocycles. The molecule has 1 saturated heterocycles. The first-order valence-corrected chi connectivity index (χ1v) is 5.57. The average Bonchev–Trinajstić information content (AvgIpc) is 2.74. The molecule has 0 radical (unpaired) electrons. The highest BCUT2D eigenvalue weighted by Gasteiger charge is 2.35. The van der Waals surface area contributed by atoms with Gasteiger partial charge in [0.05, 0.1) is 6.61 Å². The standard InChI is InChI=1S/C13H14O3/c14-13(6-3-7-15-9-13)12-8-10-4-1-2-5-11(10)16-12/h1-2,4-5,8,14H,3,6-7,9H2. The maximum atomic E-state index is 10.4. The second-order valence-electron chi connectivity index (χ2n) is 4.34. The van der Waals surface area contributed by atoms with Crippen LogP contribution in [0.15, 0.2) is 34.7 Å². The van der Waals surface area contributed by atoms with E-state index in [-0.39, 0.29) is 0 Å². The molecule has 84 valence electrons. The van der Waals surface area contributed by atoms with Gasteiger partial charge in [0.2, 0.25) is 0 Å².